The Balaban J connectivity index is 1.66. The molecule has 2 atom stereocenters. The summed E-state index contributed by atoms with van der Waals surface area (Å²) in [4.78, 5) is 16.7. The van der Waals surface area contributed by atoms with E-state index < -0.39 is 21.5 Å². The third kappa shape index (κ3) is 3.84. The van der Waals surface area contributed by atoms with Gasteiger partial charge in [-0.15, -0.1) is 15.7 Å². The number of amides is 2. The standard InChI is InChI=1S/C20H26N4O3S2/c1-11-7-8-14-15(11)9-12-5-4-6-13(12)17(14)23-19(25)24-29(21,27)16-10-22-18(28-16)20(2,3)26/h9-11,26H,4-8H2,1-3H3,(H3,21,23,24,25,27). The molecule has 0 saturated heterocycles. The quantitative estimate of drug-likeness (QED) is 0.680. The van der Waals surface area contributed by atoms with E-state index >= 15 is 0 Å². The minimum absolute atomic E-state index is 0.168. The van der Waals surface area contributed by atoms with Gasteiger partial charge in [0.2, 0.25) is 0 Å². The fourth-order valence-electron chi connectivity index (χ4n) is 4.16. The largest absolute Gasteiger partial charge is 0.383 e. The van der Waals surface area contributed by atoms with Gasteiger partial charge in [-0.25, -0.2) is 19.1 Å². The number of benzene rings is 1. The summed E-state index contributed by atoms with van der Waals surface area (Å²) >= 11 is 1.00. The first kappa shape index (κ1) is 20.5. The van der Waals surface area contributed by atoms with Gasteiger partial charge in [-0.05, 0) is 74.1 Å². The molecule has 1 heterocycles. The van der Waals surface area contributed by atoms with Crippen LogP contribution >= 0.6 is 11.3 Å². The van der Waals surface area contributed by atoms with Gasteiger partial charge in [0.1, 0.15) is 14.8 Å². The molecule has 2 amide bonds. The molecular formula is C20H26N4O3S2. The number of anilines is 1. The van der Waals surface area contributed by atoms with Crippen molar-refractivity contribution in [3.8, 4) is 0 Å². The number of carbonyl (C=O) groups is 1. The highest BCUT2D eigenvalue weighted by molar-refractivity contribution is 7.93. The van der Waals surface area contributed by atoms with Gasteiger partial charge in [0.25, 0.3) is 0 Å². The lowest BCUT2D eigenvalue weighted by Gasteiger charge is -2.16. The van der Waals surface area contributed by atoms with Crippen LogP contribution in [0.15, 0.2) is 20.8 Å². The molecule has 2 aliphatic rings. The number of nitrogens with zero attached hydrogens (tertiary/aromatic N) is 2. The molecule has 7 nitrogen and oxygen atoms in total. The van der Waals surface area contributed by atoms with Gasteiger partial charge >= 0.3 is 6.03 Å². The van der Waals surface area contributed by atoms with Crippen molar-refractivity contribution >= 4 is 33.0 Å². The van der Waals surface area contributed by atoms with Crippen LogP contribution in [0.5, 0.6) is 0 Å². The lowest BCUT2D eigenvalue weighted by atomic mass is 9.96. The SMILES string of the molecule is CC1CCc2c1cc1c(c2NC(=O)N=S(N)(=O)c2cnc(C(C)(C)O)s2)CCC1. The maximum absolute atomic E-state index is 12.9. The van der Waals surface area contributed by atoms with Crippen molar-refractivity contribution in [2.75, 3.05) is 5.32 Å². The highest BCUT2D eigenvalue weighted by Gasteiger charge is 2.29. The number of hydrogen-bond acceptors (Lipinski definition) is 5. The van der Waals surface area contributed by atoms with Crippen molar-refractivity contribution in [1.82, 2.24) is 4.98 Å². The van der Waals surface area contributed by atoms with E-state index in [1.54, 1.807) is 13.8 Å². The van der Waals surface area contributed by atoms with Gasteiger partial charge in [0, 0.05) is 5.69 Å². The number of aromatic nitrogens is 1. The molecular weight excluding hydrogens is 408 g/mol. The number of nitrogens with one attached hydrogen (secondary N) is 1. The van der Waals surface area contributed by atoms with Crippen LogP contribution in [0, 0.1) is 0 Å². The molecule has 0 spiro atoms. The van der Waals surface area contributed by atoms with Gasteiger partial charge in [0.15, 0.2) is 9.92 Å². The second-order valence-electron chi connectivity index (χ2n) is 8.38. The number of urea groups is 1. The number of aryl methyl sites for hydroxylation is 1. The molecule has 1 aromatic heterocycles. The summed E-state index contributed by atoms with van der Waals surface area (Å²) in [5.41, 5.74) is 4.59. The van der Waals surface area contributed by atoms with Gasteiger partial charge < -0.3 is 10.4 Å². The van der Waals surface area contributed by atoms with Crippen molar-refractivity contribution in [3.05, 3.63) is 39.5 Å². The van der Waals surface area contributed by atoms with E-state index in [4.69, 9.17) is 5.14 Å². The molecule has 2 aromatic rings. The molecule has 0 aliphatic heterocycles. The fraction of sp³-hybridized carbons (Fsp3) is 0.500. The summed E-state index contributed by atoms with van der Waals surface area (Å²) < 4.78 is 16.8. The summed E-state index contributed by atoms with van der Waals surface area (Å²) in [6, 6.07) is 1.58. The van der Waals surface area contributed by atoms with Crippen molar-refractivity contribution < 1.29 is 14.1 Å². The van der Waals surface area contributed by atoms with E-state index in [-0.39, 0.29) is 4.21 Å². The molecule has 9 heteroatoms. The summed E-state index contributed by atoms with van der Waals surface area (Å²) in [5, 5.41) is 19.2. The van der Waals surface area contributed by atoms with Crippen LogP contribution in [0.2, 0.25) is 0 Å². The molecule has 0 radical (unpaired) electrons. The van der Waals surface area contributed by atoms with Crippen LogP contribution < -0.4 is 10.5 Å². The highest BCUT2D eigenvalue weighted by Crippen LogP contribution is 2.43. The minimum Gasteiger partial charge on any atom is -0.383 e. The predicted octanol–water partition coefficient (Wildman–Crippen LogP) is 3.84. The van der Waals surface area contributed by atoms with Crippen LogP contribution in [0.25, 0.3) is 0 Å². The van der Waals surface area contributed by atoms with Crippen LogP contribution in [0.1, 0.15) is 66.8 Å². The van der Waals surface area contributed by atoms with E-state index in [9.17, 15) is 14.1 Å². The maximum atomic E-state index is 12.9. The second-order valence-corrected chi connectivity index (χ2v) is 11.4. The van der Waals surface area contributed by atoms with Gasteiger partial charge in [-0.2, -0.15) is 0 Å². The van der Waals surface area contributed by atoms with E-state index in [0.29, 0.717) is 10.9 Å². The Morgan fingerprint density at radius 3 is 2.83 bits per heavy atom. The number of rotatable bonds is 3. The predicted molar refractivity (Wildman–Crippen MR) is 115 cm³/mol. The monoisotopic (exact) mass is 434 g/mol. The first-order valence-electron chi connectivity index (χ1n) is 9.78. The number of thiazole rings is 1. The summed E-state index contributed by atoms with van der Waals surface area (Å²) in [7, 11) is -3.45. The maximum Gasteiger partial charge on any atom is 0.354 e. The number of aliphatic hydroxyl groups is 1. The average Bonchev–Trinajstić information content (AvgIpc) is 3.33. The average molecular weight is 435 g/mol. The number of carbonyl (C=O) groups excluding carboxylic acids is 1. The van der Waals surface area contributed by atoms with Crippen molar-refractivity contribution in [3.63, 3.8) is 0 Å². The third-order valence-electron chi connectivity index (χ3n) is 5.65. The van der Waals surface area contributed by atoms with Gasteiger partial charge in [0.05, 0.1) is 6.20 Å². The molecule has 0 saturated carbocycles. The van der Waals surface area contributed by atoms with Crippen LogP contribution in [0.4, 0.5) is 10.5 Å². The Morgan fingerprint density at radius 1 is 1.38 bits per heavy atom. The Hall–Kier alpha value is -1.81. The van der Waals surface area contributed by atoms with Gasteiger partial charge in [-0.3, -0.25) is 0 Å². The molecule has 0 bridgehead atoms. The molecule has 2 unspecified atom stereocenters. The van der Waals surface area contributed by atoms with Crippen LogP contribution in [-0.4, -0.2) is 20.3 Å². The molecule has 156 valence electrons. The van der Waals surface area contributed by atoms with E-state index in [1.807, 2.05) is 0 Å². The number of fused-ring (bicyclic) bond motifs is 2. The zero-order valence-corrected chi connectivity index (χ0v) is 18.5. The van der Waals surface area contributed by atoms with E-state index in [0.717, 1.165) is 49.1 Å². The summed E-state index contributed by atoms with van der Waals surface area (Å²) in [5.74, 6) is 0.472. The molecule has 4 rings (SSSR count). The number of hydrogen-bond donors (Lipinski definition) is 3. The van der Waals surface area contributed by atoms with Gasteiger partial charge in [-0.1, -0.05) is 13.0 Å². The number of nitrogens with two attached hydrogens (primary N) is 1. The first-order chi connectivity index (χ1) is 13.6. The van der Waals surface area contributed by atoms with Crippen molar-refractivity contribution in [2.45, 2.75) is 68.6 Å². The minimum atomic E-state index is -3.45. The molecule has 29 heavy (non-hydrogen) atoms. The lowest BCUT2D eigenvalue weighted by Crippen LogP contribution is -2.18. The first-order valence-corrected chi connectivity index (χ1v) is 12.2. The zero-order valence-electron chi connectivity index (χ0n) is 16.8. The summed E-state index contributed by atoms with van der Waals surface area (Å²) in [6.45, 7) is 5.37. The van der Waals surface area contributed by atoms with Crippen molar-refractivity contribution in [1.29, 1.82) is 0 Å². The zero-order chi connectivity index (χ0) is 21.0. The van der Waals surface area contributed by atoms with E-state index in [1.165, 1.54) is 28.5 Å². The third-order valence-corrected chi connectivity index (χ3v) is 8.84. The lowest BCUT2D eigenvalue weighted by molar-refractivity contribution is 0.0783. The van der Waals surface area contributed by atoms with Crippen molar-refractivity contribution in [2.24, 2.45) is 9.50 Å². The Bertz CT molecular complexity index is 1110. The topological polar surface area (TPSA) is 118 Å². The smallest absolute Gasteiger partial charge is 0.354 e. The molecule has 2 aliphatic carbocycles. The Morgan fingerprint density at radius 2 is 2.14 bits per heavy atom. The fourth-order valence-corrected chi connectivity index (χ4v) is 6.23. The Kier molecular flexibility index (Phi) is 5.05. The Labute approximate surface area is 175 Å². The molecule has 1 aromatic carbocycles. The molecule has 0 fully saturated rings. The summed E-state index contributed by atoms with van der Waals surface area (Å²) in [6.07, 6.45) is 6.31. The normalized spacial score (nSPS) is 20.1. The second kappa shape index (κ2) is 7.16. The van der Waals surface area contributed by atoms with Crippen LogP contribution in [0.3, 0.4) is 0 Å². The van der Waals surface area contributed by atoms with E-state index in [2.05, 4.69) is 27.7 Å². The highest BCUT2D eigenvalue weighted by atomic mass is 32.2. The molecule has 4 N–H and O–H groups in total. The van der Waals surface area contributed by atoms with Crippen LogP contribution in [-0.2, 0) is 34.8 Å².